The Morgan fingerprint density at radius 2 is 2.23 bits per heavy atom. The van der Waals surface area contributed by atoms with Crippen molar-refractivity contribution in [2.24, 2.45) is 0 Å². The molecular weight excluding hydrogens is 282 g/mol. The number of rotatable bonds is 4. The molecule has 3 rings (SSSR count). The molecule has 0 spiro atoms. The predicted molar refractivity (Wildman–Crippen MR) is 80.6 cm³/mol. The number of hydrogen-bond acceptors (Lipinski definition) is 5. The maximum Gasteiger partial charge on any atom is 0.274 e. The third-order valence-electron chi connectivity index (χ3n) is 4.40. The van der Waals surface area contributed by atoms with E-state index in [-0.39, 0.29) is 24.2 Å². The van der Waals surface area contributed by atoms with Crippen molar-refractivity contribution in [3.8, 4) is 0 Å². The van der Waals surface area contributed by atoms with Gasteiger partial charge < -0.3 is 14.4 Å². The fourth-order valence-electron chi connectivity index (χ4n) is 3.27. The number of ether oxygens (including phenoxy) is 2. The van der Waals surface area contributed by atoms with Crippen LogP contribution in [0.15, 0.2) is 12.4 Å². The molecule has 2 aliphatic heterocycles. The highest BCUT2D eigenvalue weighted by Gasteiger charge is 2.42. The summed E-state index contributed by atoms with van der Waals surface area (Å²) in [6, 6.07) is 0.161. The molecule has 0 unspecified atom stereocenters. The first kappa shape index (κ1) is 15.4. The molecule has 1 aromatic rings. The molecular formula is C16H23N3O3. The number of likely N-dealkylation sites (tertiary alicyclic amines) is 1. The molecule has 0 N–H and O–H groups in total. The van der Waals surface area contributed by atoms with Crippen LogP contribution in [-0.2, 0) is 9.47 Å². The fourth-order valence-corrected chi connectivity index (χ4v) is 3.27. The zero-order valence-corrected chi connectivity index (χ0v) is 13.2. The van der Waals surface area contributed by atoms with Gasteiger partial charge in [-0.3, -0.25) is 9.78 Å². The number of carbonyl (C=O) groups excluding carboxylic acids is 1. The summed E-state index contributed by atoms with van der Waals surface area (Å²) in [6.07, 6.45) is 6.27. The van der Waals surface area contributed by atoms with E-state index in [0.29, 0.717) is 18.9 Å². The molecule has 6 nitrogen and oxygen atoms in total. The smallest absolute Gasteiger partial charge is 0.274 e. The van der Waals surface area contributed by atoms with E-state index in [1.165, 1.54) is 0 Å². The van der Waals surface area contributed by atoms with E-state index in [1.54, 1.807) is 12.4 Å². The molecule has 0 bridgehead atoms. The van der Waals surface area contributed by atoms with Gasteiger partial charge >= 0.3 is 0 Å². The zero-order chi connectivity index (χ0) is 15.5. The van der Waals surface area contributed by atoms with Crippen molar-refractivity contribution in [3.63, 3.8) is 0 Å². The third kappa shape index (κ3) is 3.13. The summed E-state index contributed by atoms with van der Waals surface area (Å²) in [5, 5.41) is 0. The minimum atomic E-state index is -0.0353. The molecule has 3 heterocycles. The molecule has 3 atom stereocenters. The van der Waals surface area contributed by atoms with Gasteiger partial charge in [0.1, 0.15) is 5.69 Å². The van der Waals surface area contributed by atoms with E-state index in [4.69, 9.17) is 9.47 Å². The van der Waals surface area contributed by atoms with Gasteiger partial charge in [-0.2, -0.15) is 0 Å². The molecule has 1 amide bonds. The van der Waals surface area contributed by atoms with Crippen LogP contribution in [0, 0.1) is 6.92 Å². The highest BCUT2D eigenvalue weighted by molar-refractivity contribution is 5.92. The van der Waals surface area contributed by atoms with Crippen LogP contribution in [0.3, 0.4) is 0 Å². The number of hydrogen-bond donors (Lipinski definition) is 0. The molecule has 0 aliphatic carbocycles. The molecule has 6 heteroatoms. The Morgan fingerprint density at radius 1 is 1.36 bits per heavy atom. The average molecular weight is 305 g/mol. The summed E-state index contributed by atoms with van der Waals surface area (Å²) < 4.78 is 11.5. The fraction of sp³-hybridized carbons (Fsp3) is 0.688. The first-order valence-electron chi connectivity index (χ1n) is 8.02. The van der Waals surface area contributed by atoms with Crippen LogP contribution < -0.4 is 0 Å². The molecule has 2 fully saturated rings. The number of aryl methyl sites for hydroxylation is 1. The lowest BCUT2D eigenvalue weighted by Gasteiger charge is -2.35. The molecule has 22 heavy (non-hydrogen) atoms. The van der Waals surface area contributed by atoms with Gasteiger partial charge in [0.05, 0.1) is 36.7 Å². The van der Waals surface area contributed by atoms with E-state index in [1.807, 2.05) is 18.7 Å². The van der Waals surface area contributed by atoms with Gasteiger partial charge in [0.2, 0.25) is 0 Å². The van der Waals surface area contributed by atoms with Crippen LogP contribution in [0.25, 0.3) is 0 Å². The number of fused-ring (bicyclic) bond motifs is 1. The van der Waals surface area contributed by atoms with Crippen molar-refractivity contribution in [3.05, 3.63) is 23.8 Å². The molecule has 120 valence electrons. The monoisotopic (exact) mass is 305 g/mol. The summed E-state index contributed by atoms with van der Waals surface area (Å²) >= 11 is 0. The number of aromatic nitrogens is 2. The Kier molecular flexibility index (Phi) is 4.69. The van der Waals surface area contributed by atoms with Crippen molar-refractivity contribution in [2.75, 3.05) is 19.8 Å². The standard InChI is InChI=1S/C16H23N3O3/c1-3-21-10-12-4-5-14-15(22-12)6-7-19(14)16(20)13-9-17-11(2)8-18-13/h8-9,12,14-15H,3-7,10H2,1-2H3/t12-,14-,15-/m0/s1. The van der Waals surface area contributed by atoms with Gasteiger partial charge in [-0.15, -0.1) is 0 Å². The summed E-state index contributed by atoms with van der Waals surface area (Å²) in [7, 11) is 0. The zero-order valence-electron chi connectivity index (χ0n) is 13.2. The summed E-state index contributed by atoms with van der Waals surface area (Å²) in [6.45, 7) is 5.94. The largest absolute Gasteiger partial charge is 0.379 e. The Balaban J connectivity index is 1.63. The van der Waals surface area contributed by atoms with Gasteiger partial charge in [-0.25, -0.2) is 4.98 Å². The molecule has 2 aliphatic rings. The Bertz CT molecular complexity index is 520. The van der Waals surface area contributed by atoms with Gasteiger partial charge in [-0.1, -0.05) is 0 Å². The Labute approximate surface area is 130 Å². The van der Waals surface area contributed by atoms with Gasteiger partial charge in [0, 0.05) is 19.3 Å². The predicted octanol–water partition coefficient (Wildman–Crippen LogP) is 1.58. The number of amides is 1. The van der Waals surface area contributed by atoms with E-state index in [0.717, 1.165) is 31.5 Å². The van der Waals surface area contributed by atoms with Gasteiger partial charge in [0.15, 0.2) is 0 Å². The van der Waals surface area contributed by atoms with Crippen LogP contribution >= 0.6 is 0 Å². The lowest BCUT2D eigenvalue weighted by molar-refractivity contribution is -0.0951. The van der Waals surface area contributed by atoms with Crippen LogP contribution in [0.2, 0.25) is 0 Å². The second kappa shape index (κ2) is 6.71. The van der Waals surface area contributed by atoms with E-state index >= 15 is 0 Å². The van der Waals surface area contributed by atoms with Crippen molar-refractivity contribution in [1.29, 1.82) is 0 Å². The quantitative estimate of drug-likeness (QED) is 0.845. The molecule has 2 saturated heterocycles. The van der Waals surface area contributed by atoms with Crippen molar-refractivity contribution >= 4 is 5.91 Å². The maximum atomic E-state index is 12.6. The van der Waals surface area contributed by atoms with Crippen molar-refractivity contribution in [1.82, 2.24) is 14.9 Å². The second-order valence-corrected chi connectivity index (χ2v) is 5.93. The normalized spacial score (nSPS) is 27.7. The first-order valence-corrected chi connectivity index (χ1v) is 8.02. The van der Waals surface area contributed by atoms with E-state index in [2.05, 4.69) is 9.97 Å². The van der Waals surface area contributed by atoms with Crippen LogP contribution in [-0.4, -0.2) is 58.8 Å². The van der Waals surface area contributed by atoms with Crippen molar-refractivity contribution in [2.45, 2.75) is 51.4 Å². The molecule has 0 aromatic carbocycles. The lowest BCUT2D eigenvalue weighted by atomic mass is 9.99. The van der Waals surface area contributed by atoms with E-state index < -0.39 is 0 Å². The summed E-state index contributed by atoms with van der Waals surface area (Å²) in [5.74, 6) is -0.0353. The summed E-state index contributed by atoms with van der Waals surface area (Å²) in [4.78, 5) is 22.9. The highest BCUT2D eigenvalue weighted by Crippen LogP contribution is 2.32. The van der Waals surface area contributed by atoms with Crippen LogP contribution in [0.4, 0.5) is 0 Å². The second-order valence-electron chi connectivity index (χ2n) is 5.93. The molecule has 1 aromatic heterocycles. The molecule has 0 saturated carbocycles. The van der Waals surface area contributed by atoms with Crippen LogP contribution in [0.5, 0.6) is 0 Å². The van der Waals surface area contributed by atoms with Gasteiger partial charge in [0.25, 0.3) is 5.91 Å². The SMILES string of the molecule is CCOC[C@@H]1CC[C@H]2[C@H](CCN2C(=O)c2cnc(C)cn2)O1. The van der Waals surface area contributed by atoms with Crippen LogP contribution in [0.1, 0.15) is 42.4 Å². The maximum absolute atomic E-state index is 12.6. The number of carbonyl (C=O) groups is 1. The Morgan fingerprint density at radius 3 is 2.95 bits per heavy atom. The lowest BCUT2D eigenvalue weighted by Crippen LogP contribution is -2.46. The average Bonchev–Trinajstić information content (AvgIpc) is 2.96. The summed E-state index contributed by atoms with van der Waals surface area (Å²) in [5.41, 5.74) is 1.23. The van der Waals surface area contributed by atoms with Crippen molar-refractivity contribution < 1.29 is 14.3 Å². The highest BCUT2D eigenvalue weighted by atomic mass is 16.5. The Hall–Kier alpha value is -1.53. The minimum Gasteiger partial charge on any atom is -0.379 e. The van der Waals surface area contributed by atoms with E-state index in [9.17, 15) is 4.79 Å². The molecule has 0 radical (unpaired) electrons. The topological polar surface area (TPSA) is 64.5 Å². The third-order valence-corrected chi connectivity index (χ3v) is 4.40. The number of nitrogens with zero attached hydrogens (tertiary/aromatic N) is 3. The van der Waals surface area contributed by atoms with Gasteiger partial charge in [-0.05, 0) is 33.1 Å². The minimum absolute atomic E-state index is 0.0353. The first-order chi connectivity index (χ1) is 10.7.